The van der Waals surface area contributed by atoms with Crippen LogP contribution >= 0.6 is 0 Å². The van der Waals surface area contributed by atoms with Gasteiger partial charge in [0.25, 0.3) is 0 Å². The van der Waals surface area contributed by atoms with Gasteiger partial charge in [-0.1, -0.05) is 13.8 Å². The minimum atomic E-state index is 0.649. The van der Waals surface area contributed by atoms with E-state index in [9.17, 15) is 0 Å². The van der Waals surface area contributed by atoms with Gasteiger partial charge in [0.15, 0.2) is 0 Å². The normalized spacial score (nSPS) is 21.4. The second-order valence-corrected chi connectivity index (χ2v) is 5.82. The molecular weight excluding hydrogens is 222 g/mol. The molecular formula is C15H25N3. The van der Waals surface area contributed by atoms with E-state index >= 15 is 0 Å². The fourth-order valence-corrected chi connectivity index (χ4v) is 2.67. The van der Waals surface area contributed by atoms with Gasteiger partial charge in [0.2, 0.25) is 0 Å². The molecule has 3 nitrogen and oxygen atoms in total. The molecule has 0 aliphatic carbocycles. The number of rotatable bonds is 4. The quantitative estimate of drug-likeness (QED) is 0.884. The predicted octanol–water partition coefficient (Wildman–Crippen LogP) is 2.21. The zero-order valence-electron chi connectivity index (χ0n) is 11.8. The van der Waals surface area contributed by atoms with Gasteiger partial charge in [-0.3, -0.25) is 9.88 Å². The third kappa shape index (κ3) is 3.79. The second kappa shape index (κ2) is 6.30. The van der Waals surface area contributed by atoms with Crippen molar-refractivity contribution in [2.45, 2.75) is 39.8 Å². The Kier molecular flexibility index (Phi) is 4.72. The zero-order chi connectivity index (χ0) is 13.0. The molecule has 1 aromatic heterocycles. The Morgan fingerprint density at radius 2 is 2.33 bits per heavy atom. The van der Waals surface area contributed by atoms with Crippen molar-refractivity contribution in [3.05, 3.63) is 29.6 Å². The first kappa shape index (κ1) is 13.5. The summed E-state index contributed by atoms with van der Waals surface area (Å²) in [6.07, 6.45) is 5.15. The summed E-state index contributed by atoms with van der Waals surface area (Å²) < 4.78 is 0. The van der Waals surface area contributed by atoms with Gasteiger partial charge < -0.3 is 5.32 Å². The monoisotopic (exact) mass is 247 g/mol. The highest BCUT2D eigenvalue weighted by atomic mass is 15.2. The molecule has 0 bridgehead atoms. The van der Waals surface area contributed by atoms with Crippen molar-refractivity contribution in [1.29, 1.82) is 0 Å². The molecule has 1 unspecified atom stereocenters. The molecule has 1 fully saturated rings. The van der Waals surface area contributed by atoms with Crippen LogP contribution in [0.4, 0.5) is 0 Å². The summed E-state index contributed by atoms with van der Waals surface area (Å²) in [6, 6.07) is 2.75. The highest BCUT2D eigenvalue weighted by molar-refractivity contribution is 5.21. The lowest BCUT2D eigenvalue weighted by Crippen LogP contribution is -2.50. The van der Waals surface area contributed by atoms with E-state index in [-0.39, 0.29) is 0 Å². The first-order chi connectivity index (χ1) is 8.65. The Labute approximate surface area is 111 Å². The van der Waals surface area contributed by atoms with Crippen molar-refractivity contribution >= 4 is 0 Å². The van der Waals surface area contributed by atoms with Gasteiger partial charge in [-0.25, -0.2) is 0 Å². The molecule has 1 N–H and O–H groups in total. The first-order valence-corrected chi connectivity index (χ1v) is 7.00. The average Bonchev–Trinajstić information content (AvgIpc) is 2.32. The van der Waals surface area contributed by atoms with Crippen LogP contribution in [0.2, 0.25) is 0 Å². The molecule has 100 valence electrons. The third-order valence-electron chi connectivity index (χ3n) is 3.64. The largest absolute Gasteiger partial charge is 0.311 e. The van der Waals surface area contributed by atoms with Gasteiger partial charge >= 0.3 is 0 Å². The van der Waals surface area contributed by atoms with Crippen LogP contribution in [-0.2, 0) is 6.54 Å². The third-order valence-corrected chi connectivity index (χ3v) is 3.64. The van der Waals surface area contributed by atoms with Crippen molar-refractivity contribution in [2.75, 3.05) is 19.6 Å². The van der Waals surface area contributed by atoms with Crippen molar-refractivity contribution in [3.63, 3.8) is 0 Å². The van der Waals surface area contributed by atoms with Gasteiger partial charge in [0, 0.05) is 44.6 Å². The van der Waals surface area contributed by atoms with E-state index in [1.54, 1.807) is 0 Å². The van der Waals surface area contributed by atoms with Gasteiger partial charge in [0.1, 0.15) is 0 Å². The number of piperazine rings is 1. The summed E-state index contributed by atoms with van der Waals surface area (Å²) in [7, 11) is 0. The second-order valence-electron chi connectivity index (χ2n) is 5.82. The molecule has 0 radical (unpaired) electrons. The number of nitrogens with one attached hydrogen (secondary N) is 1. The number of aromatic nitrogens is 1. The predicted molar refractivity (Wildman–Crippen MR) is 75.5 cm³/mol. The number of pyridine rings is 1. The Balaban J connectivity index is 1.91. The van der Waals surface area contributed by atoms with Crippen molar-refractivity contribution in [3.8, 4) is 0 Å². The Morgan fingerprint density at radius 3 is 3.06 bits per heavy atom. The molecule has 0 saturated carbocycles. The van der Waals surface area contributed by atoms with Crippen LogP contribution in [-0.4, -0.2) is 35.6 Å². The molecule has 1 aliphatic rings. The van der Waals surface area contributed by atoms with Gasteiger partial charge in [-0.2, -0.15) is 0 Å². The molecule has 18 heavy (non-hydrogen) atoms. The minimum Gasteiger partial charge on any atom is -0.311 e. The highest BCUT2D eigenvalue weighted by Gasteiger charge is 2.20. The van der Waals surface area contributed by atoms with E-state index in [0.29, 0.717) is 6.04 Å². The summed E-state index contributed by atoms with van der Waals surface area (Å²) in [6.45, 7) is 11.2. The zero-order valence-corrected chi connectivity index (χ0v) is 11.8. The van der Waals surface area contributed by atoms with E-state index in [1.165, 1.54) is 17.5 Å². The van der Waals surface area contributed by atoms with Crippen LogP contribution in [0.3, 0.4) is 0 Å². The molecule has 3 heteroatoms. The molecule has 0 amide bonds. The summed E-state index contributed by atoms with van der Waals surface area (Å²) in [5.74, 6) is 0.766. The summed E-state index contributed by atoms with van der Waals surface area (Å²) >= 11 is 0. The van der Waals surface area contributed by atoms with Crippen LogP contribution < -0.4 is 5.32 Å². The summed E-state index contributed by atoms with van der Waals surface area (Å²) in [5, 5.41) is 3.62. The standard InChI is InChI=1S/C15H25N3/c1-12(2)8-15-11-18(7-6-17-15)10-14-9-16-5-4-13(14)3/h4-5,9,12,15,17H,6-8,10-11H2,1-3H3. The summed E-state index contributed by atoms with van der Waals surface area (Å²) in [5.41, 5.74) is 2.71. The molecule has 1 aliphatic heterocycles. The molecule has 2 heterocycles. The lowest BCUT2D eigenvalue weighted by atomic mass is 10.0. The minimum absolute atomic E-state index is 0.649. The highest BCUT2D eigenvalue weighted by Crippen LogP contribution is 2.13. The van der Waals surface area contributed by atoms with E-state index in [2.05, 4.69) is 42.0 Å². The summed E-state index contributed by atoms with van der Waals surface area (Å²) in [4.78, 5) is 6.79. The number of hydrogen-bond acceptors (Lipinski definition) is 3. The maximum atomic E-state index is 4.24. The van der Waals surface area contributed by atoms with Crippen molar-refractivity contribution in [2.24, 2.45) is 5.92 Å². The fourth-order valence-electron chi connectivity index (χ4n) is 2.67. The molecule has 0 aromatic carbocycles. The SMILES string of the molecule is Cc1ccncc1CN1CCNC(CC(C)C)C1. The van der Waals surface area contributed by atoms with Gasteiger partial charge in [-0.05, 0) is 36.5 Å². The average molecular weight is 247 g/mol. The van der Waals surface area contributed by atoms with Gasteiger partial charge in [0.05, 0.1) is 0 Å². The number of aryl methyl sites for hydroxylation is 1. The maximum absolute atomic E-state index is 4.24. The smallest absolute Gasteiger partial charge is 0.0315 e. The lowest BCUT2D eigenvalue weighted by molar-refractivity contribution is 0.179. The molecule has 1 aromatic rings. The number of hydrogen-bond donors (Lipinski definition) is 1. The van der Waals surface area contributed by atoms with Crippen molar-refractivity contribution < 1.29 is 0 Å². The van der Waals surface area contributed by atoms with Crippen LogP contribution in [0, 0.1) is 12.8 Å². The van der Waals surface area contributed by atoms with Crippen LogP contribution in [0.1, 0.15) is 31.4 Å². The van der Waals surface area contributed by atoms with Gasteiger partial charge in [-0.15, -0.1) is 0 Å². The molecule has 1 saturated heterocycles. The van der Waals surface area contributed by atoms with Crippen molar-refractivity contribution in [1.82, 2.24) is 15.2 Å². The van der Waals surface area contributed by atoms with E-state index in [1.807, 2.05) is 12.4 Å². The van der Waals surface area contributed by atoms with Crippen LogP contribution in [0.25, 0.3) is 0 Å². The van der Waals surface area contributed by atoms with Crippen LogP contribution in [0.15, 0.2) is 18.5 Å². The fraction of sp³-hybridized carbons (Fsp3) is 0.667. The Morgan fingerprint density at radius 1 is 1.50 bits per heavy atom. The first-order valence-electron chi connectivity index (χ1n) is 7.00. The maximum Gasteiger partial charge on any atom is 0.0315 e. The van der Waals surface area contributed by atoms with Crippen LogP contribution in [0.5, 0.6) is 0 Å². The Hall–Kier alpha value is -0.930. The van der Waals surface area contributed by atoms with E-state index in [4.69, 9.17) is 0 Å². The molecule has 2 rings (SSSR count). The molecule has 0 spiro atoms. The molecule has 1 atom stereocenters. The van der Waals surface area contributed by atoms with E-state index in [0.717, 1.165) is 32.1 Å². The Bertz CT molecular complexity index is 376. The number of nitrogens with zero attached hydrogens (tertiary/aromatic N) is 2. The van der Waals surface area contributed by atoms with E-state index < -0.39 is 0 Å². The lowest BCUT2D eigenvalue weighted by Gasteiger charge is -2.34. The topological polar surface area (TPSA) is 28.2 Å².